The molecule has 28 heavy (non-hydrogen) atoms. The van der Waals surface area contributed by atoms with Gasteiger partial charge >= 0.3 is 0 Å². The molecule has 0 aliphatic heterocycles. The maximum atomic E-state index is 14.7. The Morgan fingerprint density at radius 2 is 1.71 bits per heavy atom. The maximum Gasteiger partial charge on any atom is 0.132 e. The van der Waals surface area contributed by atoms with Crippen LogP contribution in [0.3, 0.4) is 0 Å². The minimum Gasteiger partial charge on any atom is -0.256 e. The quantitative estimate of drug-likeness (QED) is 0.400. The van der Waals surface area contributed by atoms with Crippen LogP contribution in [0.25, 0.3) is 11.3 Å². The third-order valence-electron chi connectivity index (χ3n) is 6.56. The largest absolute Gasteiger partial charge is 0.256 e. The molecule has 1 saturated carbocycles. The van der Waals surface area contributed by atoms with E-state index in [2.05, 4.69) is 31.0 Å². The summed E-state index contributed by atoms with van der Waals surface area (Å²) < 4.78 is 14.7. The van der Waals surface area contributed by atoms with Gasteiger partial charge < -0.3 is 0 Å². The molecule has 0 N–H and O–H groups in total. The van der Waals surface area contributed by atoms with E-state index in [4.69, 9.17) is 0 Å². The normalized spacial score (nSPS) is 19.7. The highest BCUT2D eigenvalue weighted by molar-refractivity contribution is 5.60. The molecule has 2 heteroatoms. The van der Waals surface area contributed by atoms with Crippen LogP contribution in [-0.2, 0) is 6.42 Å². The Morgan fingerprint density at radius 3 is 2.36 bits per heavy atom. The molecule has 1 aromatic carbocycles. The first-order valence-electron chi connectivity index (χ1n) is 11.5. The molecule has 1 aliphatic rings. The Labute approximate surface area is 170 Å². The molecule has 0 unspecified atom stereocenters. The van der Waals surface area contributed by atoms with Crippen molar-refractivity contribution in [1.29, 1.82) is 0 Å². The van der Waals surface area contributed by atoms with Gasteiger partial charge in [0.25, 0.3) is 0 Å². The first kappa shape index (κ1) is 21.0. The SMILES string of the molecule is CCCCCCCc1ccc(-c2ccc(C3CCC(CC)CC3)cn2)c(F)c1. The van der Waals surface area contributed by atoms with E-state index in [0.717, 1.165) is 30.0 Å². The molecule has 3 rings (SSSR count). The van der Waals surface area contributed by atoms with Gasteiger partial charge in [-0.25, -0.2) is 4.39 Å². The van der Waals surface area contributed by atoms with Gasteiger partial charge in [-0.05, 0) is 79.7 Å². The van der Waals surface area contributed by atoms with Gasteiger partial charge in [-0.15, -0.1) is 0 Å². The molecule has 0 atom stereocenters. The first-order chi connectivity index (χ1) is 13.7. The fourth-order valence-electron chi connectivity index (χ4n) is 4.56. The molecular formula is C26H36FN. The highest BCUT2D eigenvalue weighted by Gasteiger charge is 2.21. The van der Waals surface area contributed by atoms with Crippen LogP contribution in [0.1, 0.15) is 95.1 Å². The number of nitrogens with zero attached hydrogens (tertiary/aromatic N) is 1. The first-order valence-corrected chi connectivity index (χ1v) is 11.5. The summed E-state index contributed by atoms with van der Waals surface area (Å²) in [6.07, 6.45) is 15.7. The van der Waals surface area contributed by atoms with E-state index < -0.39 is 0 Å². The van der Waals surface area contributed by atoms with Crippen molar-refractivity contribution in [3.63, 3.8) is 0 Å². The Balaban J connectivity index is 1.59. The lowest BCUT2D eigenvalue weighted by molar-refractivity contribution is 0.318. The second kappa shape index (κ2) is 10.7. The predicted molar refractivity (Wildman–Crippen MR) is 117 cm³/mol. The standard InChI is InChI=1S/C26H36FN/c1-3-5-6-7-8-9-21-12-16-24(25(27)18-21)26-17-15-23(19-28-26)22-13-10-20(4-2)11-14-22/h12,15-20,22H,3-11,13-14H2,1-2H3. The van der Waals surface area contributed by atoms with Gasteiger partial charge in [-0.1, -0.05) is 58.1 Å². The molecule has 0 bridgehead atoms. The van der Waals surface area contributed by atoms with Crippen LogP contribution in [0.4, 0.5) is 4.39 Å². The van der Waals surface area contributed by atoms with Crippen molar-refractivity contribution in [1.82, 2.24) is 4.98 Å². The monoisotopic (exact) mass is 381 g/mol. The number of halogens is 1. The lowest BCUT2D eigenvalue weighted by Crippen LogP contribution is -2.12. The minimum absolute atomic E-state index is 0.144. The van der Waals surface area contributed by atoms with Gasteiger partial charge in [0.1, 0.15) is 5.82 Å². The summed E-state index contributed by atoms with van der Waals surface area (Å²) in [7, 11) is 0. The van der Waals surface area contributed by atoms with Crippen molar-refractivity contribution in [3.05, 3.63) is 53.5 Å². The van der Waals surface area contributed by atoms with E-state index in [1.165, 1.54) is 63.4 Å². The summed E-state index contributed by atoms with van der Waals surface area (Å²) in [5.41, 5.74) is 3.79. The predicted octanol–water partition coefficient (Wildman–Crippen LogP) is 8.08. The average Bonchev–Trinajstić information content (AvgIpc) is 2.74. The average molecular weight is 382 g/mol. The molecule has 1 nitrogen and oxygen atoms in total. The zero-order chi connectivity index (χ0) is 19.8. The molecule has 1 heterocycles. The molecule has 1 aromatic heterocycles. The molecular weight excluding hydrogens is 345 g/mol. The topological polar surface area (TPSA) is 12.9 Å². The minimum atomic E-state index is -0.144. The number of hydrogen-bond acceptors (Lipinski definition) is 1. The fraction of sp³-hybridized carbons (Fsp3) is 0.577. The Bertz CT molecular complexity index is 714. The smallest absolute Gasteiger partial charge is 0.132 e. The molecule has 152 valence electrons. The van der Waals surface area contributed by atoms with Crippen molar-refractivity contribution in [2.24, 2.45) is 5.92 Å². The lowest BCUT2D eigenvalue weighted by Gasteiger charge is -2.27. The van der Waals surface area contributed by atoms with Crippen LogP contribution in [0, 0.1) is 11.7 Å². The molecule has 0 spiro atoms. The molecule has 1 fully saturated rings. The number of aryl methyl sites for hydroxylation is 1. The van der Waals surface area contributed by atoms with Gasteiger partial charge in [0, 0.05) is 11.8 Å². The Hall–Kier alpha value is -1.70. The van der Waals surface area contributed by atoms with Crippen LogP contribution in [0.2, 0.25) is 0 Å². The van der Waals surface area contributed by atoms with Crippen molar-refractivity contribution in [2.45, 2.75) is 90.4 Å². The maximum absolute atomic E-state index is 14.7. The highest BCUT2D eigenvalue weighted by atomic mass is 19.1. The van der Waals surface area contributed by atoms with Crippen LogP contribution in [0.15, 0.2) is 36.5 Å². The van der Waals surface area contributed by atoms with E-state index in [1.807, 2.05) is 18.3 Å². The highest BCUT2D eigenvalue weighted by Crippen LogP contribution is 2.37. The number of hydrogen-bond donors (Lipinski definition) is 0. The molecule has 0 amide bonds. The fourth-order valence-corrected chi connectivity index (χ4v) is 4.56. The zero-order valence-corrected chi connectivity index (χ0v) is 17.7. The van der Waals surface area contributed by atoms with Crippen molar-refractivity contribution < 1.29 is 4.39 Å². The molecule has 1 aliphatic carbocycles. The number of unbranched alkanes of at least 4 members (excludes halogenated alkanes) is 4. The van der Waals surface area contributed by atoms with Crippen LogP contribution in [-0.4, -0.2) is 4.98 Å². The molecule has 0 radical (unpaired) electrons. The van der Waals surface area contributed by atoms with Gasteiger partial charge in [0.2, 0.25) is 0 Å². The van der Waals surface area contributed by atoms with Crippen LogP contribution < -0.4 is 0 Å². The van der Waals surface area contributed by atoms with E-state index in [9.17, 15) is 4.39 Å². The Kier molecular flexibility index (Phi) is 8.06. The van der Waals surface area contributed by atoms with E-state index in [0.29, 0.717) is 11.5 Å². The van der Waals surface area contributed by atoms with Crippen molar-refractivity contribution in [2.75, 3.05) is 0 Å². The second-order valence-corrected chi connectivity index (χ2v) is 8.58. The number of benzene rings is 1. The van der Waals surface area contributed by atoms with Crippen LogP contribution >= 0.6 is 0 Å². The Morgan fingerprint density at radius 1 is 0.929 bits per heavy atom. The third kappa shape index (κ3) is 5.65. The van der Waals surface area contributed by atoms with Gasteiger partial charge in [-0.3, -0.25) is 4.98 Å². The van der Waals surface area contributed by atoms with Gasteiger partial charge in [0.15, 0.2) is 0 Å². The molecule has 2 aromatic rings. The summed E-state index contributed by atoms with van der Waals surface area (Å²) in [5.74, 6) is 1.39. The summed E-state index contributed by atoms with van der Waals surface area (Å²) >= 11 is 0. The van der Waals surface area contributed by atoms with E-state index >= 15 is 0 Å². The lowest BCUT2D eigenvalue weighted by atomic mass is 9.78. The number of pyridine rings is 1. The van der Waals surface area contributed by atoms with Gasteiger partial charge in [-0.2, -0.15) is 0 Å². The van der Waals surface area contributed by atoms with E-state index in [-0.39, 0.29) is 5.82 Å². The third-order valence-corrected chi connectivity index (χ3v) is 6.56. The van der Waals surface area contributed by atoms with Crippen LogP contribution in [0.5, 0.6) is 0 Å². The molecule has 0 saturated heterocycles. The summed E-state index contributed by atoms with van der Waals surface area (Å²) in [4.78, 5) is 4.61. The number of rotatable bonds is 9. The summed E-state index contributed by atoms with van der Waals surface area (Å²) in [5, 5.41) is 0. The van der Waals surface area contributed by atoms with Gasteiger partial charge in [0.05, 0.1) is 5.69 Å². The van der Waals surface area contributed by atoms with Crippen molar-refractivity contribution >= 4 is 0 Å². The number of aromatic nitrogens is 1. The van der Waals surface area contributed by atoms with Crippen molar-refractivity contribution in [3.8, 4) is 11.3 Å². The summed E-state index contributed by atoms with van der Waals surface area (Å²) in [6.45, 7) is 4.53. The summed E-state index contributed by atoms with van der Waals surface area (Å²) in [6, 6.07) is 9.85. The van der Waals surface area contributed by atoms with E-state index in [1.54, 1.807) is 6.07 Å². The zero-order valence-electron chi connectivity index (χ0n) is 17.7. The second-order valence-electron chi connectivity index (χ2n) is 8.58.